The van der Waals surface area contributed by atoms with Crippen molar-refractivity contribution in [3.05, 3.63) is 28.0 Å². The summed E-state index contributed by atoms with van der Waals surface area (Å²) >= 11 is 1.33. The molecule has 0 saturated carbocycles. The fourth-order valence-corrected chi connectivity index (χ4v) is 2.97. The monoisotopic (exact) mass is 295 g/mol. The van der Waals surface area contributed by atoms with E-state index in [-0.39, 0.29) is 11.5 Å². The number of carbonyl (C=O) groups excluding carboxylic acids is 1. The van der Waals surface area contributed by atoms with Crippen LogP contribution in [0.15, 0.2) is 17.5 Å². The standard InChI is InChI=1S/C14H17NO4S/c1-14(2)9-15(6-7-19-14)13(18)12-10(5-8-20-12)3-4-11(16)17/h3-5,8H,6-7,9H2,1-2H3,(H,16,17). The Morgan fingerprint density at radius 2 is 2.25 bits per heavy atom. The molecular weight excluding hydrogens is 278 g/mol. The SMILES string of the molecule is CC1(C)CN(C(=O)c2sccc2C=CC(=O)O)CCO1. The van der Waals surface area contributed by atoms with Crippen molar-refractivity contribution in [3.63, 3.8) is 0 Å². The van der Waals surface area contributed by atoms with Crippen LogP contribution in [-0.4, -0.2) is 47.2 Å². The van der Waals surface area contributed by atoms with Crippen LogP contribution in [0, 0.1) is 0 Å². The minimum Gasteiger partial charge on any atom is -0.478 e. The fraction of sp³-hybridized carbons (Fsp3) is 0.429. The van der Waals surface area contributed by atoms with Crippen molar-refractivity contribution in [3.8, 4) is 0 Å². The summed E-state index contributed by atoms with van der Waals surface area (Å²) in [5, 5.41) is 10.5. The Balaban J connectivity index is 2.17. The van der Waals surface area contributed by atoms with E-state index in [2.05, 4.69) is 0 Å². The Morgan fingerprint density at radius 3 is 2.90 bits per heavy atom. The maximum atomic E-state index is 12.5. The number of hydrogen-bond donors (Lipinski definition) is 1. The van der Waals surface area contributed by atoms with Gasteiger partial charge in [0, 0.05) is 19.2 Å². The summed E-state index contributed by atoms with van der Waals surface area (Å²) in [6.45, 7) is 5.51. The number of carboxylic acid groups (broad SMARTS) is 1. The number of carbonyl (C=O) groups is 2. The molecule has 0 radical (unpaired) electrons. The lowest BCUT2D eigenvalue weighted by atomic mass is 10.1. The minimum atomic E-state index is -1.03. The highest BCUT2D eigenvalue weighted by Crippen LogP contribution is 2.24. The zero-order valence-corrected chi connectivity index (χ0v) is 12.3. The fourth-order valence-electron chi connectivity index (χ4n) is 2.12. The molecule has 2 rings (SSSR count). The number of thiophene rings is 1. The lowest BCUT2D eigenvalue weighted by Crippen LogP contribution is -2.50. The number of amides is 1. The molecule has 1 aromatic heterocycles. The Hall–Kier alpha value is -1.66. The van der Waals surface area contributed by atoms with Crippen molar-refractivity contribution in [2.75, 3.05) is 19.7 Å². The van der Waals surface area contributed by atoms with Gasteiger partial charge in [-0.3, -0.25) is 4.79 Å². The summed E-state index contributed by atoms with van der Waals surface area (Å²) in [6, 6.07) is 1.75. The maximum absolute atomic E-state index is 12.5. The molecule has 1 N–H and O–H groups in total. The van der Waals surface area contributed by atoms with Gasteiger partial charge in [-0.05, 0) is 36.9 Å². The molecule has 5 nitrogen and oxygen atoms in total. The summed E-state index contributed by atoms with van der Waals surface area (Å²) in [6.07, 6.45) is 2.50. The second kappa shape index (κ2) is 5.76. The predicted molar refractivity (Wildman–Crippen MR) is 76.9 cm³/mol. The normalized spacial score (nSPS) is 18.4. The molecule has 1 amide bonds. The first-order valence-corrected chi connectivity index (χ1v) is 7.19. The quantitative estimate of drug-likeness (QED) is 0.867. The van der Waals surface area contributed by atoms with Crippen molar-refractivity contribution in [2.45, 2.75) is 19.4 Å². The van der Waals surface area contributed by atoms with Crippen LogP contribution in [0.1, 0.15) is 29.1 Å². The third-order valence-corrected chi connectivity index (χ3v) is 3.93. The molecule has 2 heterocycles. The Bertz CT molecular complexity index is 547. The van der Waals surface area contributed by atoms with E-state index >= 15 is 0 Å². The van der Waals surface area contributed by atoms with Crippen LogP contribution < -0.4 is 0 Å². The number of morpholine rings is 1. The van der Waals surface area contributed by atoms with E-state index in [0.29, 0.717) is 30.1 Å². The van der Waals surface area contributed by atoms with Crippen molar-refractivity contribution in [2.24, 2.45) is 0 Å². The first kappa shape index (κ1) is 14.7. The molecule has 0 atom stereocenters. The van der Waals surface area contributed by atoms with Crippen LogP contribution in [0.5, 0.6) is 0 Å². The number of nitrogens with zero attached hydrogens (tertiary/aromatic N) is 1. The van der Waals surface area contributed by atoms with E-state index in [1.165, 1.54) is 17.4 Å². The van der Waals surface area contributed by atoms with E-state index in [0.717, 1.165) is 6.08 Å². The van der Waals surface area contributed by atoms with Crippen LogP contribution in [0.2, 0.25) is 0 Å². The highest BCUT2D eigenvalue weighted by molar-refractivity contribution is 7.12. The van der Waals surface area contributed by atoms with Crippen molar-refractivity contribution < 1.29 is 19.4 Å². The summed E-state index contributed by atoms with van der Waals surface area (Å²) in [4.78, 5) is 25.4. The van der Waals surface area contributed by atoms with Gasteiger partial charge in [0.15, 0.2) is 0 Å². The number of ether oxygens (including phenoxy) is 1. The summed E-state index contributed by atoms with van der Waals surface area (Å²) in [7, 11) is 0. The van der Waals surface area contributed by atoms with Gasteiger partial charge in [0.05, 0.1) is 17.1 Å². The highest BCUT2D eigenvalue weighted by atomic mass is 32.1. The van der Waals surface area contributed by atoms with Gasteiger partial charge in [-0.2, -0.15) is 0 Å². The minimum absolute atomic E-state index is 0.0681. The number of rotatable bonds is 3. The number of hydrogen-bond acceptors (Lipinski definition) is 4. The molecule has 0 unspecified atom stereocenters. The molecule has 1 aromatic rings. The van der Waals surface area contributed by atoms with E-state index in [1.807, 2.05) is 13.8 Å². The van der Waals surface area contributed by atoms with Gasteiger partial charge >= 0.3 is 5.97 Å². The molecule has 0 spiro atoms. The first-order chi connectivity index (χ1) is 9.39. The average Bonchev–Trinajstić information content (AvgIpc) is 2.82. The third kappa shape index (κ3) is 3.46. The largest absolute Gasteiger partial charge is 0.478 e. The average molecular weight is 295 g/mol. The molecule has 6 heteroatoms. The highest BCUT2D eigenvalue weighted by Gasteiger charge is 2.31. The van der Waals surface area contributed by atoms with Crippen molar-refractivity contribution in [1.82, 2.24) is 4.90 Å². The van der Waals surface area contributed by atoms with Gasteiger partial charge in [0.25, 0.3) is 5.91 Å². The zero-order valence-electron chi connectivity index (χ0n) is 11.5. The third-order valence-electron chi connectivity index (χ3n) is 3.01. The molecule has 20 heavy (non-hydrogen) atoms. The van der Waals surface area contributed by atoms with Crippen LogP contribution in [0.4, 0.5) is 0 Å². The van der Waals surface area contributed by atoms with E-state index < -0.39 is 5.97 Å². The topological polar surface area (TPSA) is 66.8 Å². The Kier molecular flexibility index (Phi) is 4.25. The number of carboxylic acids is 1. The predicted octanol–water partition coefficient (Wildman–Crippen LogP) is 2.10. The molecule has 1 aliphatic rings. The van der Waals surface area contributed by atoms with Crippen LogP contribution in [0.3, 0.4) is 0 Å². The van der Waals surface area contributed by atoms with Crippen molar-refractivity contribution in [1.29, 1.82) is 0 Å². The van der Waals surface area contributed by atoms with Gasteiger partial charge in [-0.1, -0.05) is 0 Å². The lowest BCUT2D eigenvalue weighted by Gasteiger charge is -2.38. The molecule has 108 valence electrons. The van der Waals surface area contributed by atoms with Crippen LogP contribution in [0.25, 0.3) is 6.08 Å². The summed E-state index contributed by atoms with van der Waals surface area (Å²) in [5.74, 6) is -1.09. The zero-order chi connectivity index (χ0) is 14.8. The van der Waals surface area contributed by atoms with Gasteiger partial charge in [-0.15, -0.1) is 11.3 Å². The maximum Gasteiger partial charge on any atom is 0.328 e. The van der Waals surface area contributed by atoms with E-state index in [1.54, 1.807) is 16.3 Å². The molecule has 1 fully saturated rings. The molecule has 0 aliphatic carbocycles. The second-order valence-corrected chi connectivity index (χ2v) is 6.13. The van der Waals surface area contributed by atoms with E-state index in [4.69, 9.17) is 9.84 Å². The number of aliphatic carboxylic acids is 1. The molecular formula is C14H17NO4S. The first-order valence-electron chi connectivity index (χ1n) is 6.31. The van der Waals surface area contributed by atoms with Crippen LogP contribution in [-0.2, 0) is 9.53 Å². The molecule has 0 aromatic carbocycles. The summed E-state index contributed by atoms with van der Waals surface area (Å²) in [5.41, 5.74) is 0.300. The van der Waals surface area contributed by atoms with E-state index in [9.17, 15) is 9.59 Å². The Labute approximate surface area is 121 Å². The Morgan fingerprint density at radius 1 is 1.50 bits per heavy atom. The lowest BCUT2D eigenvalue weighted by molar-refractivity contribution is -0.131. The van der Waals surface area contributed by atoms with Gasteiger partial charge < -0.3 is 14.7 Å². The second-order valence-electron chi connectivity index (χ2n) is 5.21. The molecule has 1 saturated heterocycles. The van der Waals surface area contributed by atoms with Gasteiger partial charge in [0.1, 0.15) is 0 Å². The van der Waals surface area contributed by atoms with Gasteiger partial charge in [0.2, 0.25) is 0 Å². The molecule has 0 bridgehead atoms. The van der Waals surface area contributed by atoms with Crippen molar-refractivity contribution >= 4 is 29.3 Å². The van der Waals surface area contributed by atoms with Gasteiger partial charge in [-0.25, -0.2) is 4.79 Å². The smallest absolute Gasteiger partial charge is 0.328 e. The molecule has 1 aliphatic heterocycles. The van der Waals surface area contributed by atoms with Crippen LogP contribution >= 0.6 is 11.3 Å². The summed E-state index contributed by atoms with van der Waals surface area (Å²) < 4.78 is 5.59.